The quantitative estimate of drug-likeness (QED) is 0.521. The molecule has 3 atom stereocenters. The van der Waals surface area contributed by atoms with Crippen molar-refractivity contribution >= 4 is 38.6 Å². The lowest BCUT2D eigenvalue weighted by atomic mass is 10.0. The van der Waals surface area contributed by atoms with Crippen molar-refractivity contribution in [1.29, 1.82) is 0 Å². The van der Waals surface area contributed by atoms with Gasteiger partial charge < -0.3 is 10.2 Å². The third kappa shape index (κ3) is 4.12. The molecule has 0 spiro atoms. The van der Waals surface area contributed by atoms with Crippen molar-refractivity contribution < 1.29 is 17.2 Å². The lowest BCUT2D eigenvalue weighted by Crippen LogP contribution is -2.44. The van der Waals surface area contributed by atoms with E-state index >= 15 is 4.39 Å². The molecule has 0 aliphatic heterocycles. The first-order valence-corrected chi connectivity index (χ1v) is 12.0. The third-order valence-electron chi connectivity index (χ3n) is 5.00. The van der Waals surface area contributed by atoms with E-state index < -0.39 is 33.2 Å². The number of aromatic nitrogens is 2. The Hall–Kier alpha value is -3.20. The van der Waals surface area contributed by atoms with E-state index in [9.17, 15) is 13.2 Å². The summed E-state index contributed by atoms with van der Waals surface area (Å²) in [5, 5.41) is 0.322. The predicted octanol–water partition coefficient (Wildman–Crippen LogP) is 0.541. The second kappa shape index (κ2) is 8.74. The maximum Gasteiger partial charge on any atom is 0.420 e. The summed E-state index contributed by atoms with van der Waals surface area (Å²) in [6.45, 7) is 1.94. The van der Waals surface area contributed by atoms with E-state index in [-0.39, 0.29) is 22.4 Å². The van der Waals surface area contributed by atoms with Crippen LogP contribution in [-0.4, -0.2) is 35.9 Å². The Morgan fingerprint density at radius 2 is 2.16 bits per heavy atom. The van der Waals surface area contributed by atoms with Crippen molar-refractivity contribution in [3.05, 3.63) is 68.3 Å². The number of halogens is 1. The minimum Gasteiger partial charge on any atom is -0.408 e. The van der Waals surface area contributed by atoms with E-state index in [2.05, 4.69) is 21.5 Å². The summed E-state index contributed by atoms with van der Waals surface area (Å²) in [5.74, 6) is 5.02. The van der Waals surface area contributed by atoms with Gasteiger partial charge in [-0.1, -0.05) is 30.0 Å². The van der Waals surface area contributed by atoms with Gasteiger partial charge in [0.15, 0.2) is 10.5 Å². The largest absolute Gasteiger partial charge is 0.420 e. The van der Waals surface area contributed by atoms with Gasteiger partial charge in [-0.05, 0) is 30.7 Å². The molecule has 1 aliphatic carbocycles. The van der Waals surface area contributed by atoms with Gasteiger partial charge >= 0.3 is 5.76 Å². The van der Waals surface area contributed by atoms with E-state index in [0.717, 1.165) is 29.1 Å². The van der Waals surface area contributed by atoms with Crippen LogP contribution in [0.1, 0.15) is 24.1 Å². The molecule has 4 rings (SSSR count). The van der Waals surface area contributed by atoms with Crippen molar-refractivity contribution in [2.24, 2.45) is 5.73 Å². The van der Waals surface area contributed by atoms with Crippen LogP contribution in [0.25, 0.3) is 12.2 Å². The van der Waals surface area contributed by atoms with Crippen LogP contribution in [-0.2, 0) is 10.0 Å². The van der Waals surface area contributed by atoms with Crippen LogP contribution in [0.4, 0.5) is 9.52 Å². The van der Waals surface area contributed by atoms with Crippen molar-refractivity contribution in [3.8, 4) is 11.8 Å². The number of anilines is 1. The van der Waals surface area contributed by atoms with E-state index in [1.54, 1.807) is 24.4 Å². The lowest BCUT2D eigenvalue weighted by Gasteiger charge is -2.19. The molecule has 0 amide bonds. The number of nitrogens with one attached hydrogen (secondary N) is 1. The second-order valence-corrected chi connectivity index (χ2v) is 9.72. The van der Waals surface area contributed by atoms with Gasteiger partial charge in [-0.15, -0.1) is 11.3 Å². The van der Waals surface area contributed by atoms with Crippen molar-refractivity contribution in [1.82, 2.24) is 9.55 Å². The minimum absolute atomic E-state index is 0.00390. The van der Waals surface area contributed by atoms with Crippen LogP contribution in [0.5, 0.6) is 0 Å². The number of hydrogen-bond acceptors (Lipinski definition) is 7. The van der Waals surface area contributed by atoms with Crippen LogP contribution in [0.2, 0.25) is 0 Å². The Kier molecular flexibility index (Phi) is 6.01. The molecule has 8 nitrogen and oxygen atoms in total. The Morgan fingerprint density at radius 3 is 2.88 bits per heavy atom. The highest BCUT2D eigenvalue weighted by Crippen LogP contribution is 2.22. The zero-order chi connectivity index (χ0) is 22.9. The number of nitrogens with zero attached hydrogens (tertiary/aromatic N) is 2. The summed E-state index contributed by atoms with van der Waals surface area (Å²) in [5.41, 5.74) is 6.87. The molecule has 1 aliphatic rings. The normalized spacial score (nSPS) is 18.5. The standard InChI is InChI=1S/C21H19FN4O4S2/c1-13(15-7-3-2-5-14(15)6-4-8-23)26-17-11-16(22)19(12-18(17)30-21(26)27)32(28,29)25-20-24-9-10-31-20/h2-3,5,7,9-13,16,19H,8,23H2,1H3,(H,24,25)/t13-,16?,19?/m1/s1. The van der Waals surface area contributed by atoms with Gasteiger partial charge in [0.1, 0.15) is 11.4 Å². The van der Waals surface area contributed by atoms with Crippen molar-refractivity contribution in [2.45, 2.75) is 24.4 Å². The summed E-state index contributed by atoms with van der Waals surface area (Å²) in [7, 11) is -4.16. The average Bonchev–Trinajstić information content (AvgIpc) is 3.37. The molecule has 3 aromatic rings. The second-order valence-electron chi connectivity index (χ2n) is 6.98. The molecule has 0 saturated heterocycles. The van der Waals surface area contributed by atoms with Gasteiger partial charge in [0.05, 0.1) is 17.9 Å². The number of thiazole rings is 1. The molecule has 11 heteroatoms. The van der Waals surface area contributed by atoms with Crippen LogP contribution in [0.3, 0.4) is 0 Å². The molecule has 0 saturated carbocycles. The number of fused-ring (bicyclic) bond motifs is 1. The molecule has 0 radical (unpaired) electrons. The highest BCUT2D eigenvalue weighted by atomic mass is 32.2. The monoisotopic (exact) mass is 474 g/mol. The maximum atomic E-state index is 15.0. The van der Waals surface area contributed by atoms with Gasteiger partial charge in [0, 0.05) is 17.1 Å². The first-order valence-electron chi connectivity index (χ1n) is 9.60. The van der Waals surface area contributed by atoms with E-state index in [1.807, 2.05) is 12.1 Å². The molecule has 2 heterocycles. The van der Waals surface area contributed by atoms with Gasteiger partial charge in [0.2, 0.25) is 10.0 Å². The van der Waals surface area contributed by atoms with Crippen LogP contribution < -0.4 is 27.0 Å². The SMILES string of the molecule is C[C@H](c1ccccc1C#CCN)n1c(=O)oc2c1=CC(F)C(S(=O)(=O)Nc1nccs1)C=2. The van der Waals surface area contributed by atoms with Gasteiger partial charge in [-0.2, -0.15) is 0 Å². The maximum absolute atomic E-state index is 15.0. The first kappa shape index (κ1) is 22.0. The average molecular weight is 475 g/mol. The number of sulfonamides is 1. The van der Waals surface area contributed by atoms with Crippen LogP contribution in [0, 0.1) is 11.8 Å². The molecule has 0 bridgehead atoms. The Bertz CT molecular complexity index is 1480. The first-order chi connectivity index (χ1) is 15.3. The van der Waals surface area contributed by atoms with Gasteiger partial charge in [-0.25, -0.2) is 22.6 Å². The fourth-order valence-corrected chi connectivity index (χ4v) is 5.60. The van der Waals surface area contributed by atoms with E-state index in [0.29, 0.717) is 5.56 Å². The molecule has 0 fully saturated rings. The summed E-state index contributed by atoms with van der Waals surface area (Å²) >= 11 is 1.07. The predicted molar refractivity (Wildman–Crippen MR) is 121 cm³/mol. The number of rotatable bonds is 5. The van der Waals surface area contributed by atoms with Crippen molar-refractivity contribution in [2.75, 3.05) is 11.3 Å². The molecule has 3 N–H and O–H groups in total. The highest BCUT2D eigenvalue weighted by Gasteiger charge is 2.35. The van der Waals surface area contributed by atoms with Crippen LogP contribution >= 0.6 is 11.3 Å². The smallest absolute Gasteiger partial charge is 0.408 e. The fourth-order valence-electron chi connectivity index (χ4n) is 3.53. The Morgan fingerprint density at radius 1 is 1.38 bits per heavy atom. The molecular weight excluding hydrogens is 455 g/mol. The molecule has 2 aromatic heterocycles. The van der Waals surface area contributed by atoms with E-state index in [1.165, 1.54) is 10.8 Å². The summed E-state index contributed by atoms with van der Waals surface area (Å²) in [6, 6.07) is 6.68. The molecule has 1 aromatic carbocycles. The Balaban J connectivity index is 1.78. The number of oxazole rings is 1. The summed E-state index contributed by atoms with van der Waals surface area (Å²) in [4.78, 5) is 16.5. The number of benzene rings is 1. The third-order valence-corrected chi connectivity index (χ3v) is 7.40. The number of nitrogens with two attached hydrogens (primary N) is 1. The molecule has 32 heavy (non-hydrogen) atoms. The van der Waals surface area contributed by atoms with E-state index in [4.69, 9.17) is 10.2 Å². The van der Waals surface area contributed by atoms with Crippen LogP contribution in [0.15, 0.2) is 45.1 Å². The van der Waals surface area contributed by atoms with Crippen molar-refractivity contribution in [3.63, 3.8) is 0 Å². The molecule has 166 valence electrons. The van der Waals surface area contributed by atoms with Gasteiger partial charge in [0.25, 0.3) is 0 Å². The fraction of sp³-hybridized carbons (Fsp3) is 0.238. The topological polar surface area (TPSA) is 120 Å². The zero-order valence-electron chi connectivity index (χ0n) is 16.9. The molecular formula is C21H19FN4O4S2. The number of hydrogen-bond donors (Lipinski definition) is 2. The molecule has 2 unspecified atom stereocenters. The zero-order valence-corrected chi connectivity index (χ0v) is 18.5. The highest BCUT2D eigenvalue weighted by molar-refractivity contribution is 7.93. The number of alkyl halides is 1. The van der Waals surface area contributed by atoms with Gasteiger partial charge in [-0.3, -0.25) is 9.29 Å². The minimum atomic E-state index is -4.16. The Labute approximate surface area is 187 Å². The summed E-state index contributed by atoms with van der Waals surface area (Å²) < 4.78 is 49.2. The lowest BCUT2D eigenvalue weighted by molar-refractivity contribution is 0.417. The summed E-state index contributed by atoms with van der Waals surface area (Å²) in [6.07, 6.45) is 1.74.